The molecule has 2 rings (SSSR count). The predicted molar refractivity (Wildman–Crippen MR) is 69.7 cm³/mol. The van der Waals surface area contributed by atoms with Gasteiger partial charge in [0.2, 0.25) is 0 Å². The zero-order valence-electron chi connectivity index (χ0n) is 9.28. The van der Waals surface area contributed by atoms with Crippen molar-refractivity contribution < 1.29 is 18.3 Å². The van der Waals surface area contributed by atoms with E-state index in [-0.39, 0.29) is 4.88 Å². The number of aromatic nitrogens is 1. The van der Waals surface area contributed by atoms with Gasteiger partial charge in [0.05, 0.1) is 4.88 Å². The normalized spacial score (nSPS) is 13.5. The fourth-order valence-corrected chi connectivity index (χ4v) is 2.65. The summed E-state index contributed by atoms with van der Waals surface area (Å²) < 4.78 is 38.0. The van der Waals surface area contributed by atoms with Gasteiger partial charge in [-0.25, -0.2) is 4.98 Å². The number of halogens is 4. The first kappa shape index (κ1) is 14.3. The molecule has 0 amide bonds. The Balaban J connectivity index is 2.36. The molecular formula is C11H8BrF3N2OS. The Morgan fingerprint density at radius 3 is 2.63 bits per heavy atom. The minimum absolute atomic E-state index is 0.0946. The van der Waals surface area contributed by atoms with E-state index in [1.54, 1.807) is 18.2 Å². The Morgan fingerprint density at radius 1 is 1.37 bits per heavy atom. The second kappa shape index (κ2) is 5.10. The van der Waals surface area contributed by atoms with Gasteiger partial charge in [-0.05, 0) is 18.2 Å². The number of thiazole rings is 1. The fourth-order valence-electron chi connectivity index (χ4n) is 1.48. The molecule has 1 heterocycles. The van der Waals surface area contributed by atoms with Crippen molar-refractivity contribution in [1.82, 2.24) is 4.98 Å². The van der Waals surface area contributed by atoms with Crippen molar-refractivity contribution in [2.45, 2.75) is 12.3 Å². The van der Waals surface area contributed by atoms with Gasteiger partial charge < -0.3 is 10.8 Å². The van der Waals surface area contributed by atoms with Crippen LogP contribution in [0.1, 0.15) is 21.6 Å². The van der Waals surface area contributed by atoms with Crippen LogP contribution in [0, 0.1) is 0 Å². The molecule has 0 fully saturated rings. The lowest BCUT2D eigenvalue weighted by Gasteiger charge is -2.11. The van der Waals surface area contributed by atoms with Crippen LogP contribution in [0.4, 0.5) is 18.9 Å². The van der Waals surface area contributed by atoms with Crippen LogP contribution in [-0.4, -0.2) is 10.1 Å². The Labute approximate surface area is 119 Å². The predicted octanol–water partition coefficient (Wildman–Crippen LogP) is 3.59. The van der Waals surface area contributed by atoms with Crippen LogP contribution >= 0.6 is 27.3 Å². The van der Waals surface area contributed by atoms with E-state index in [1.807, 2.05) is 0 Å². The van der Waals surface area contributed by atoms with E-state index >= 15 is 0 Å². The lowest BCUT2D eigenvalue weighted by atomic mass is 10.1. The molecule has 0 saturated carbocycles. The number of benzene rings is 1. The number of hydrogen-bond acceptors (Lipinski definition) is 4. The van der Waals surface area contributed by atoms with Gasteiger partial charge in [-0.3, -0.25) is 0 Å². The highest BCUT2D eigenvalue weighted by molar-refractivity contribution is 9.10. The van der Waals surface area contributed by atoms with E-state index in [2.05, 4.69) is 20.9 Å². The Kier molecular flexibility index (Phi) is 3.84. The minimum atomic E-state index is -4.51. The topological polar surface area (TPSA) is 59.1 Å². The summed E-state index contributed by atoms with van der Waals surface area (Å²) in [5, 5.41) is 9.09. The Morgan fingerprint density at radius 2 is 2.05 bits per heavy atom. The maximum absolute atomic E-state index is 12.4. The molecule has 0 aliphatic carbocycles. The molecule has 1 aromatic heterocycles. The average molecular weight is 353 g/mol. The number of nitrogens with two attached hydrogens (primary N) is 1. The first-order valence-corrected chi connectivity index (χ1v) is 6.66. The van der Waals surface area contributed by atoms with Crippen molar-refractivity contribution in [3.8, 4) is 0 Å². The second-order valence-corrected chi connectivity index (χ2v) is 5.72. The SMILES string of the molecule is Nc1ccc(Br)cc1C(O)c1cnc(C(F)(F)F)s1. The van der Waals surface area contributed by atoms with Crippen LogP contribution in [0.3, 0.4) is 0 Å². The number of hydrogen-bond donors (Lipinski definition) is 2. The van der Waals surface area contributed by atoms with Crippen LogP contribution < -0.4 is 5.73 Å². The van der Waals surface area contributed by atoms with Crippen LogP contribution in [0.15, 0.2) is 28.9 Å². The molecule has 1 unspecified atom stereocenters. The number of anilines is 1. The van der Waals surface area contributed by atoms with Crippen molar-refractivity contribution in [1.29, 1.82) is 0 Å². The third-order valence-corrected chi connectivity index (χ3v) is 3.97. The summed E-state index contributed by atoms with van der Waals surface area (Å²) in [6.45, 7) is 0. The number of aliphatic hydroxyl groups excluding tert-OH is 1. The van der Waals surface area contributed by atoms with E-state index in [0.29, 0.717) is 27.1 Å². The summed E-state index contributed by atoms with van der Waals surface area (Å²) in [5.41, 5.74) is 6.34. The molecule has 0 spiro atoms. The molecule has 8 heteroatoms. The smallest absolute Gasteiger partial charge is 0.398 e. The van der Waals surface area contributed by atoms with E-state index in [9.17, 15) is 18.3 Å². The van der Waals surface area contributed by atoms with E-state index < -0.39 is 17.3 Å². The average Bonchev–Trinajstić information content (AvgIpc) is 2.80. The molecule has 1 aromatic carbocycles. The summed E-state index contributed by atoms with van der Waals surface area (Å²) in [6.07, 6.45) is -4.73. The second-order valence-electron chi connectivity index (χ2n) is 3.74. The summed E-state index contributed by atoms with van der Waals surface area (Å²) in [4.78, 5) is 3.36. The molecule has 3 N–H and O–H groups in total. The monoisotopic (exact) mass is 352 g/mol. The molecule has 1 atom stereocenters. The van der Waals surface area contributed by atoms with Gasteiger partial charge in [0.1, 0.15) is 6.10 Å². The fraction of sp³-hybridized carbons (Fsp3) is 0.182. The molecule has 0 radical (unpaired) electrons. The van der Waals surface area contributed by atoms with Gasteiger partial charge in [0.15, 0.2) is 5.01 Å². The highest BCUT2D eigenvalue weighted by atomic mass is 79.9. The molecule has 0 aliphatic heterocycles. The lowest BCUT2D eigenvalue weighted by molar-refractivity contribution is -0.137. The number of rotatable bonds is 2. The molecule has 0 saturated heterocycles. The van der Waals surface area contributed by atoms with Crippen molar-refractivity contribution in [3.63, 3.8) is 0 Å². The summed E-state index contributed by atoms with van der Waals surface area (Å²) in [5.74, 6) is 0. The van der Waals surface area contributed by atoms with Gasteiger partial charge >= 0.3 is 6.18 Å². The minimum Gasteiger partial charge on any atom is -0.398 e. The largest absolute Gasteiger partial charge is 0.443 e. The van der Waals surface area contributed by atoms with Crippen molar-refractivity contribution in [3.05, 3.63) is 44.3 Å². The van der Waals surface area contributed by atoms with Gasteiger partial charge in [-0.2, -0.15) is 13.2 Å². The highest BCUT2D eigenvalue weighted by Gasteiger charge is 2.35. The third-order valence-electron chi connectivity index (χ3n) is 2.38. The van der Waals surface area contributed by atoms with Gasteiger partial charge in [0, 0.05) is 21.9 Å². The number of nitrogen functional groups attached to an aromatic ring is 1. The summed E-state index contributed by atoms with van der Waals surface area (Å²) >= 11 is 3.62. The number of alkyl halides is 3. The van der Waals surface area contributed by atoms with Gasteiger partial charge in [-0.15, -0.1) is 11.3 Å². The third kappa shape index (κ3) is 3.07. The molecule has 3 nitrogen and oxygen atoms in total. The maximum Gasteiger partial charge on any atom is 0.443 e. The van der Waals surface area contributed by atoms with E-state index in [0.717, 1.165) is 6.20 Å². The first-order valence-electron chi connectivity index (χ1n) is 5.05. The van der Waals surface area contributed by atoms with Crippen molar-refractivity contribution in [2.75, 3.05) is 5.73 Å². The van der Waals surface area contributed by atoms with E-state index in [4.69, 9.17) is 5.73 Å². The quantitative estimate of drug-likeness (QED) is 0.812. The molecular weight excluding hydrogens is 345 g/mol. The molecule has 19 heavy (non-hydrogen) atoms. The van der Waals surface area contributed by atoms with Crippen molar-refractivity contribution >= 4 is 33.0 Å². The molecule has 0 aliphatic rings. The van der Waals surface area contributed by atoms with Crippen molar-refractivity contribution in [2.24, 2.45) is 0 Å². The zero-order valence-corrected chi connectivity index (χ0v) is 11.7. The molecule has 102 valence electrons. The first-order chi connectivity index (χ1) is 8.79. The van der Waals surface area contributed by atoms with Gasteiger partial charge in [-0.1, -0.05) is 15.9 Å². The number of nitrogens with zero attached hydrogens (tertiary/aromatic N) is 1. The Bertz CT molecular complexity index is 600. The van der Waals surface area contributed by atoms with Crippen LogP contribution in [0.25, 0.3) is 0 Å². The number of aliphatic hydroxyl groups is 1. The Hall–Kier alpha value is -1.12. The van der Waals surface area contributed by atoms with E-state index in [1.165, 1.54) is 0 Å². The van der Waals surface area contributed by atoms with Crippen LogP contribution in [0.5, 0.6) is 0 Å². The maximum atomic E-state index is 12.4. The van der Waals surface area contributed by atoms with Crippen LogP contribution in [-0.2, 0) is 6.18 Å². The highest BCUT2D eigenvalue weighted by Crippen LogP contribution is 2.37. The lowest BCUT2D eigenvalue weighted by Crippen LogP contribution is -2.03. The molecule has 0 bridgehead atoms. The van der Waals surface area contributed by atoms with Crippen LogP contribution in [0.2, 0.25) is 0 Å². The van der Waals surface area contributed by atoms with Gasteiger partial charge in [0.25, 0.3) is 0 Å². The summed E-state index contributed by atoms with van der Waals surface area (Å²) in [7, 11) is 0. The standard InChI is InChI=1S/C11H8BrF3N2OS/c12-5-1-2-7(16)6(3-5)9(18)8-4-17-10(19-8)11(13,14)15/h1-4,9,18H,16H2. The zero-order chi connectivity index (χ0) is 14.2. The molecule has 2 aromatic rings. The summed E-state index contributed by atoms with van der Waals surface area (Å²) in [6, 6.07) is 4.81.